The van der Waals surface area contributed by atoms with Crippen LogP contribution in [0.25, 0.3) is 0 Å². The summed E-state index contributed by atoms with van der Waals surface area (Å²) in [5, 5.41) is 0. The first kappa shape index (κ1) is 20.8. The Morgan fingerprint density at radius 2 is 1.52 bits per heavy atom. The molecule has 0 N–H and O–H groups in total. The molecule has 1 aromatic rings. The quantitative estimate of drug-likeness (QED) is 0.288. The van der Waals surface area contributed by atoms with Gasteiger partial charge >= 0.3 is 29.6 Å². The van der Waals surface area contributed by atoms with Gasteiger partial charge in [0.1, 0.15) is 10.1 Å². The topological polar surface area (TPSA) is 74.3 Å². The number of rotatable bonds is 9. The van der Waals surface area contributed by atoms with E-state index in [4.69, 9.17) is 0 Å². The van der Waals surface area contributed by atoms with Gasteiger partial charge in [-0.05, 0) is 18.6 Å². The van der Waals surface area contributed by atoms with Gasteiger partial charge in [-0.1, -0.05) is 51.2 Å². The van der Waals surface area contributed by atoms with Crippen molar-refractivity contribution in [2.75, 3.05) is 0 Å². The molecule has 0 aliphatic heterocycles. The van der Waals surface area contributed by atoms with Crippen molar-refractivity contribution in [3.8, 4) is 0 Å². The van der Waals surface area contributed by atoms with E-state index in [1.807, 2.05) is 0 Å². The molecular weight excluding hydrogens is 299 g/mol. The second-order valence-electron chi connectivity index (χ2n) is 4.92. The van der Waals surface area contributed by atoms with Crippen molar-refractivity contribution in [1.29, 1.82) is 0 Å². The molecule has 1 rings (SSSR count). The van der Waals surface area contributed by atoms with E-state index in [2.05, 4.69) is 6.92 Å². The Kier molecular flexibility index (Phi) is 10.4. The number of carbonyl (C=O) groups is 1. The van der Waals surface area contributed by atoms with Gasteiger partial charge in [-0.2, -0.15) is 0 Å². The van der Waals surface area contributed by atoms with Crippen molar-refractivity contribution in [3.63, 3.8) is 0 Å². The molecule has 0 saturated carbocycles. The van der Waals surface area contributed by atoms with Crippen LogP contribution in [0.3, 0.4) is 0 Å². The molecule has 6 heteroatoms. The number of benzene rings is 1. The van der Waals surface area contributed by atoms with E-state index in [0.717, 1.165) is 19.3 Å². The Balaban J connectivity index is 0.00000400. The third kappa shape index (κ3) is 8.12. The van der Waals surface area contributed by atoms with Gasteiger partial charge in [0.25, 0.3) is 0 Å². The molecule has 1 aromatic carbocycles. The van der Waals surface area contributed by atoms with Crippen LogP contribution >= 0.6 is 0 Å². The minimum absolute atomic E-state index is 0. The summed E-state index contributed by atoms with van der Waals surface area (Å²) in [5.41, 5.74) is 0.464. The zero-order chi connectivity index (χ0) is 15.0. The minimum Gasteiger partial charge on any atom is -0.744 e. The van der Waals surface area contributed by atoms with E-state index in [0.29, 0.717) is 12.0 Å². The maximum atomic E-state index is 11.9. The van der Waals surface area contributed by atoms with E-state index < -0.39 is 10.1 Å². The van der Waals surface area contributed by atoms with Crippen LogP contribution in [0, 0.1) is 0 Å². The number of unbranched alkanes of at least 4 members (excludes halogenated alkanes) is 5. The van der Waals surface area contributed by atoms with Gasteiger partial charge in [-0.25, -0.2) is 8.42 Å². The molecule has 0 saturated heterocycles. The van der Waals surface area contributed by atoms with Crippen molar-refractivity contribution in [2.24, 2.45) is 0 Å². The number of hydrogen-bond acceptors (Lipinski definition) is 4. The fourth-order valence-electron chi connectivity index (χ4n) is 2.02. The Hall–Kier alpha value is -0.200. The first-order valence-electron chi connectivity index (χ1n) is 7.04. The fourth-order valence-corrected chi connectivity index (χ4v) is 2.49. The first-order valence-corrected chi connectivity index (χ1v) is 8.45. The summed E-state index contributed by atoms with van der Waals surface area (Å²) >= 11 is 0. The molecular formula is C15H21NaO4S. The average Bonchev–Trinajstić information content (AvgIpc) is 2.41. The van der Waals surface area contributed by atoms with Crippen LogP contribution < -0.4 is 29.6 Å². The molecule has 0 atom stereocenters. The van der Waals surface area contributed by atoms with E-state index in [9.17, 15) is 17.8 Å². The molecule has 112 valence electrons. The van der Waals surface area contributed by atoms with Crippen molar-refractivity contribution in [1.82, 2.24) is 0 Å². The molecule has 0 radical (unpaired) electrons. The normalized spacial score (nSPS) is 11.0. The summed E-state index contributed by atoms with van der Waals surface area (Å²) in [7, 11) is -4.44. The maximum Gasteiger partial charge on any atom is 1.00 e. The monoisotopic (exact) mass is 320 g/mol. The summed E-state index contributed by atoms with van der Waals surface area (Å²) in [6.45, 7) is 2.16. The molecule has 0 unspecified atom stereocenters. The van der Waals surface area contributed by atoms with Gasteiger partial charge < -0.3 is 4.55 Å². The molecule has 0 bridgehead atoms. The Morgan fingerprint density at radius 3 is 2.05 bits per heavy atom. The molecule has 21 heavy (non-hydrogen) atoms. The second-order valence-corrected chi connectivity index (χ2v) is 6.30. The van der Waals surface area contributed by atoms with Crippen molar-refractivity contribution >= 4 is 15.9 Å². The summed E-state index contributed by atoms with van der Waals surface area (Å²) in [6.07, 6.45) is 7.15. The van der Waals surface area contributed by atoms with Gasteiger partial charge in [0.2, 0.25) is 0 Å². The van der Waals surface area contributed by atoms with E-state index >= 15 is 0 Å². The van der Waals surface area contributed by atoms with Crippen LogP contribution in [0.5, 0.6) is 0 Å². The summed E-state index contributed by atoms with van der Waals surface area (Å²) < 4.78 is 32.3. The summed E-state index contributed by atoms with van der Waals surface area (Å²) in [4.78, 5) is 11.6. The molecule has 0 amide bonds. The van der Waals surface area contributed by atoms with Gasteiger partial charge in [0.05, 0.1) is 4.90 Å². The van der Waals surface area contributed by atoms with Crippen LogP contribution in [-0.4, -0.2) is 18.8 Å². The van der Waals surface area contributed by atoms with E-state index in [1.165, 1.54) is 43.5 Å². The zero-order valence-corrected chi connectivity index (χ0v) is 15.6. The molecule has 0 aliphatic rings. The second kappa shape index (κ2) is 10.5. The first-order chi connectivity index (χ1) is 9.45. The van der Waals surface area contributed by atoms with Crippen LogP contribution in [0.4, 0.5) is 0 Å². The average molecular weight is 320 g/mol. The van der Waals surface area contributed by atoms with Gasteiger partial charge in [-0.15, -0.1) is 0 Å². The molecule has 0 aromatic heterocycles. The molecule has 0 fully saturated rings. The fraction of sp³-hybridized carbons (Fsp3) is 0.533. The van der Waals surface area contributed by atoms with Crippen LogP contribution in [0.1, 0.15) is 62.2 Å². The number of ketones is 1. The molecule has 0 heterocycles. The minimum atomic E-state index is -4.44. The third-order valence-electron chi connectivity index (χ3n) is 3.22. The number of Topliss-reactive ketones (excluding diaryl/α,β-unsaturated/α-hetero) is 1. The van der Waals surface area contributed by atoms with Crippen molar-refractivity contribution in [3.05, 3.63) is 29.8 Å². The molecule has 0 spiro atoms. The standard InChI is InChI=1S/C15H22O4S.Na/c1-2-3-4-5-6-7-8-15(16)13-9-11-14(12-10-13)20(17,18)19;/h9-12H,2-8H2,1H3,(H,17,18,19);/q;+1/p-1. The van der Waals surface area contributed by atoms with Crippen LogP contribution in [0.2, 0.25) is 0 Å². The van der Waals surface area contributed by atoms with E-state index in [-0.39, 0.29) is 40.2 Å². The Bertz CT molecular complexity index is 523. The zero-order valence-electron chi connectivity index (χ0n) is 12.8. The largest absolute Gasteiger partial charge is 1.00 e. The Labute approximate surface area is 149 Å². The molecule has 0 aliphatic carbocycles. The Morgan fingerprint density at radius 1 is 1.00 bits per heavy atom. The maximum absolute atomic E-state index is 11.9. The smallest absolute Gasteiger partial charge is 0.744 e. The third-order valence-corrected chi connectivity index (χ3v) is 4.07. The predicted octanol–water partition coefficient (Wildman–Crippen LogP) is 0.528. The summed E-state index contributed by atoms with van der Waals surface area (Å²) in [6, 6.07) is 5.20. The van der Waals surface area contributed by atoms with Crippen LogP contribution in [0.15, 0.2) is 29.2 Å². The predicted molar refractivity (Wildman–Crippen MR) is 76.7 cm³/mol. The van der Waals surface area contributed by atoms with Crippen molar-refractivity contribution in [2.45, 2.75) is 56.8 Å². The van der Waals surface area contributed by atoms with Crippen molar-refractivity contribution < 1.29 is 47.3 Å². The molecule has 4 nitrogen and oxygen atoms in total. The van der Waals surface area contributed by atoms with Gasteiger partial charge in [0, 0.05) is 12.0 Å². The number of carbonyl (C=O) groups excluding carboxylic acids is 1. The number of hydrogen-bond donors (Lipinski definition) is 0. The summed E-state index contributed by atoms with van der Waals surface area (Å²) in [5.74, 6) is -0.00432. The van der Waals surface area contributed by atoms with Crippen LogP contribution in [-0.2, 0) is 10.1 Å². The van der Waals surface area contributed by atoms with Gasteiger partial charge in [-0.3, -0.25) is 4.79 Å². The van der Waals surface area contributed by atoms with Gasteiger partial charge in [0.15, 0.2) is 5.78 Å². The van der Waals surface area contributed by atoms with E-state index in [1.54, 1.807) is 0 Å². The SMILES string of the molecule is CCCCCCCCC(=O)c1ccc(S(=O)(=O)[O-])cc1.[Na+].